The minimum Gasteiger partial charge on any atom is -0.807 e. The zero-order valence-electron chi connectivity index (χ0n) is 18.1. The number of benzene rings is 1. The van der Waals surface area contributed by atoms with E-state index in [1.54, 1.807) is 6.08 Å². The predicted octanol–water partition coefficient (Wildman–Crippen LogP) is 4.12. The van der Waals surface area contributed by atoms with Crippen LogP contribution in [-0.2, 0) is 20.7 Å². The van der Waals surface area contributed by atoms with E-state index >= 15 is 0 Å². The van der Waals surface area contributed by atoms with Gasteiger partial charge in [0.25, 0.3) is 0 Å². The van der Waals surface area contributed by atoms with Crippen LogP contribution in [0.5, 0.6) is 11.5 Å². The van der Waals surface area contributed by atoms with Gasteiger partial charge in [-0.05, 0) is 56.9 Å². The quantitative estimate of drug-likeness (QED) is 0.212. The van der Waals surface area contributed by atoms with E-state index in [4.69, 9.17) is 9.47 Å². The molecule has 7 nitrogen and oxygen atoms in total. The number of ketones is 1. The molecular formula is C23H27NO6U. The first kappa shape index (κ1) is 28.7. The van der Waals surface area contributed by atoms with Crippen LogP contribution in [0.1, 0.15) is 56.0 Å². The maximum absolute atomic E-state index is 12.4. The van der Waals surface area contributed by atoms with Crippen molar-refractivity contribution in [3.8, 4) is 11.5 Å². The van der Waals surface area contributed by atoms with Crippen molar-refractivity contribution in [1.29, 1.82) is 0 Å². The Bertz CT molecular complexity index is 869. The molecule has 0 fully saturated rings. The van der Waals surface area contributed by atoms with Gasteiger partial charge < -0.3 is 31.7 Å². The third kappa shape index (κ3) is 11.6. The summed E-state index contributed by atoms with van der Waals surface area (Å²) in [6.45, 7) is 7.75. The number of carbonyl (C=O) groups excluding carboxylic acids is 3. The van der Waals surface area contributed by atoms with Crippen molar-refractivity contribution in [2.45, 2.75) is 46.5 Å². The molecule has 164 valence electrons. The van der Waals surface area contributed by atoms with E-state index < -0.39 is 11.9 Å². The van der Waals surface area contributed by atoms with Crippen LogP contribution in [0.25, 0.3) is 5.41 Å². The summed E-state index contributed by atoms with van der Waals surface area (Å²) in [6, 6.07) is 2.63. The number of aromatic hydroxyl groups is 1. The third-order valence-corrected chi connectivity index (χ3v) is 3.81. The molecule has 31 heavy (non-hydrogen) atoms. The topological polar surface area (TPSA) is 112 Å². The molecule has 1 heterocycles. The summed E-state index contributed by atoms with van der Waals surface area (Å²) in [4.78, 5) is 32.9. The average molecular weight is 651 g/mol. The molecule has 8 heteroatoms. The summed E-state index contributed by atoms with van der Waals surface area (Å²) in [6.07, 6.45) is 7.78. The molecule has 0 saturated carbocycles. The first-order valence-electron chi connectivity index (χ1n) is 9.51. The maximum Gasteiger partial charge on any atom is 2.00 e. The van der Waals surface area contributed by atoms with Crippen LogP contribution < -0.4 is 4.74 Å². The van der Waals surface area contributed by atoms with Gasteiger partial charge in [0.15, 0.2) is 0 Å². The molecule has 2 rings (SSSR count). The van der Waals surface area contributed by atoms with E-state index in [2.05, 4.69) is 6.92 Å². The van der Waals surface area contributed by atoms with Gasteiger partial charge in [-0.1, -0.05) is 23.8 Å². The first-order chi connectivity index (χ1) is 14.1. The molecular weight excluding hydrogens is 624 g/mol. The number of cyclic esters (lactones) is 1. The zero-order valence-corrected chi connectivity index (χ0v) is 22.2. The molecule has 0 saturated heterocycles. The number of rotatable bonds is 1. The molecule has 0 spiro atoms. The van der Waals surface area contributed by atoms with E-state index in [-0.39, 0.29) is 72.7 Å². The van der Waals surface area contributed by atoms with Crippen LogP contribution in [0.15, 0.2) is 35.9 Å². The fourth-order valence-electron chi connectivity index (χ4n) is 2.70. The zero-order chi connectivity index (χ0) is 22.7. The van der Waals surface area contributed by atoms with Crippen LogP contribution in [0.4, 0.5) is 0 Å². The summed E-state index contributed by atoms with van der Waals surface area (Å²) < 4.78 is 10.2. The van der Waals surface area contributed by atoms with Gasteiger partial charge in [-0.15, -0.1) is 0 Å². The van der Waals surface area contributed by atoms with Crippen LogP contribution in [-0.4, -0.2) is 35.1 Å². The molecule has 0 aliphatic carbocycles. The van der Waals surface area contributed by atoms with Gasteiger partial charge in [0.05, 0.1) is 6.61 Å². The fraction of sp³-hybridized carbons (Fsp3) is 0.348. The van der Waals surface area contributed by atoms with Crippen LogP contribution in [0.2, 0.25) is 0 Å². The number of phenolic OH excluding ortho intramolecular Hbond substituents is 1. The van der Waals surface area contributed by atoms with Crippen molar-refractivity contribution >= 4 is 23.4 Å². The van der Waals surface area contributed by atoms with Crippen molar-refractivity contribution in [2.24, 2.45) is 0 Å². The number of nitrogens with zero attached hydrogens (tertiary/aromatic N) is 1. The van der Waals surface area contributed by atoms with Crippen LogP contribution in [0.3, 0.4) is 0 Å². The van der Waals surface area contributed by atoms with E-state index in [0.717, 1.165) is 18.4 Å². The maximum atomic E-state index is 12.4. The minimum absolute atomic E-state index is 0. The number of carbonyl (C=O) groups is 3. The normalized spacial score (nSPS) is 17.1. The Morgan fingerprint density at radius 1 is 1.19 bits per heavy atom. The van der Waals surface area contributed by atoms with Gasteiger partial charge in [-0.2, -0.15) is 5.71 Å². The second-order valence-corrected chi connectivity index (χ2v) is 6.87. The second-order valence-electron chi connectivity index (χ2n) is 6.87. The molecule has 0 amide bonds. The van der Waals surface area contributed by atoms with Crippen LogP contribution in [0, 0.1) is 38.0 Å². The van der Waals surface area contributed by atoms with Crippen molar-refractivity contribution in [2.75, 3.05) is 6.61 Å². The van der Waals surface area contributed by atoms with Crippen molar-refractivity contribution < 1.29 is 60.1 Å². The van der Waals surface area contributed by atoms with E-state index in [0.29, 0.717) is 12.0 Å². The SMILES string of the molecule is CC(=O)Oc1cc(O)c2c(c1)CC(=[N-])/C=C(\C)CC/C=C/CCOC2=O.[CH2-]C(C)=O.[U+2]. The van der Waals surface area contributed by atoms with Gasteiger partial charge in [0.1, 0.15) is 17.1 Å². The number of allylic oxidation sites excluding steroid dienone is 3. The van der Waals surface area contributed by atoms with Gasteiger partial charge in [0, 0.05) is 13.0 Å². The van der Waals surface area contributed by atoms with Gasteiger partial charge >= 0.3 is 43.1 Å². The molecule has 0 radical (unpaired) electrons. The Balaban J connectivity index is 0.00000165. The molecule has 0 bridgehead atoms. The molecule has 1 aromatic carbocycles. The summed E-state index contributed by atoms with van der Waals surface area (Å²) in [5, 5.41) is 20.5. The number of hydrogen-bond acceptors (Lipinski definition) is 6. The van der Waals surface area contributed by atoms with Crippen molar-refractivity contribution in [3.05, 3.63) is 59.4 Å². The standard InChI is InChI=1S/C20H22NO5.C3H5O.U/c1-13-7-5-3-4-6-8-25-20(24)19-15(10-16(21)9-13)11-17(12-18(19)23)26-14(2)22;1-3(2)4;/h3-4,9,11-12,23H,5-8,10H2,1-2H3;1H2,2H3;/q2*-1;+2/b4-3+,13-9+;;. The Hall–Kier alpha value is -2.30. The number of Topliss-reactive ketones (excluding diaryl/α,β-unsaturated/α-hetero) is 1. The molecule has 1 aromatic rings. The van der Waals surface area contributed by atoms with Gasteiger partial charge in [-0.3, -0.25) is 4.79 Å². The smallest absolute Gasteiger partial charge is 0.807 e. The number of ether oxygens (including phenoxy) is 2. The summed E-state index contributed by atoms with van der Waals surface area (Å²) in [5.74, 6) is -1.59. The Morgan fingerprint density at radius 3 is 2.42 bits per heavy atom. The summed E-state index contributed by atoms with van der Waals surface area (Å²) in [7, 11) is 0. The average Bonchev–Trinajstić information content (AvgIpc) is 2.58. The minimum atomic E-state index is -0.689. The van der Waals surface area contributed by atoms with E-state index in [1.165, 1.54) is 26.0 Å². The number of hydrogen-bond donors (Lipinski definition) is 1. The Kier molecular flexibility index (Phi) is 13.6. The molecule has 1 aliphatic heterocycles. The van der Waals surface area contributed by atoms with Crippen LogP contribution >= 0.6 is 0 Å². The molecule has 0 unspecified atom stereocenters. The second kappa shape index (κ2) is 14.7. The molecule has 1 aliphatic rings. The summed E-state index contributed by atoms with van der Waals surface area (Å²) >= 11 is 0. The largest absolute Gasteiger partial charge is 2.00 e. The molecule has 0 atom stereocenters. The number of fused-ring (bicyclic) bond motifs is 1. The Morgan fingerprint density at radius 2 is 1.81 bits per heavy atom. The monoisotopic (exact) mass is 651 g/mol. The van der Waals surface area contributed by atoms with Gasteiger partial charge in [0.2, 0.25) is 0 Å². The number of esters is 2. The van der Waals surface area contributed by atoms with E-state index in [9.17, 15) is 24.9 Å². The summed E-state index contributed by atoms with van der Waals surface area (Å²) in [5.41, 5.74) is 1.31. The van der Waals surface area contributed by atoms with Gasteiger partial charge in [-0.25, -0.2) is 4.79 Å². The molecule has 0 aromatic heterocycles. The third-order valence-electron chi connectivity index (χ3n) is 3.81. The first-order valence-corrected chi connectivity index (χ1v) is 9.51. The van der Waals surface area contributed by atoms with E-state index in [1.807, 2.05) is 19.1 Å². The fourth-order valence-corrected chi connectivity index (χ4v) is 2.70. The van der Waals surface area contributed by atoms with Crippen molar-refractivity contribution in [3.63, 3.8) is 0 Å². The number of phenols is 1. The Labute approximate surface area is 206 Å². The van der Waals surface area contributed by atoms with Crippen molar-refractivity contribution in [1.82, 2.24) is 0 Å². The molecule has 1 N–H and O–H groups in total. The predicted molar refractivity (Wildman–Crippen MR) is 115 cm³/mol.